The highest BCUT2D eigenvalue weighted by molar-refractivity contribution is 5.73. The Bertz CT molecular complexity index is 421. The van der Waals surface area contributed by atoms with Gasteiger partial charge in [-0.15, -0.1) is 0 Å². The Hall–Kier alpha value is -1.59. The molecule has 1 atom stereocenters. The smallest absolute Gasteiger partial charge is 0.317 e. The molecule has 0 radical (unpaired) electrons. The molecule has 5 nitrogen and oxygen atoms in total. The molecular weight excluding hydrogens is 256 g/mol. The van der Waals surface area contributed by atoms with E-state index in [9.17, 15) is 9.90 Å². The van der Waals surface area contributed by atoms with Crippen LogP contribution in [0.5, 0.6) is 0 Å². The molecule has 2 N–H and O–H groups in total. The first kappa shape index (κ1) is 16.5. The predicted octanol–water partition coefficient (Wildman–Crippen LogP) is 1.75. The second-order valence-corrected chi connectivity index (χ2v) is 4.79. The minimum absolute atomic E-state index is 0.197. The lowest BCUT2D eigenvalue weighted by Crippen LogP contribution is -2.40. The Balaban J connectivity index is 2.54. The largest absolute Gasteiger partial charge is 0.392 e. The molecule has 1 aromatic carbocycles. The number of rotatable bonds is 7. The fourth-order valence-electron chi connectivity index (χ4n) is 1.87. The Kier molecular flexibility index (Phi) is 7.04. The van der Waals surface area contributed by atoms with E-state index in [1.807, 2.05) is 31.2 Å². The summed E-state index contributed by atoms with van der Waals surface area (Å²) in [5.74, 6) is 0. The van der Waals surface area contributed by atoms with Crippen molar-refractivity contribution in [2.75, 3.05) is 20.2 Å². The van der Waals surface area contributed by atoms with Gasteiger partial charge in [0.05, 0.1) is 12.7 Å². The van der Waals surface area contributed by atoms with E-state index in [0.29, 0.717) is 26.3 Å². The Labute approximate surface area is 120 Å². The summed E-state index contributed by atoms with van der Waals surface area (Å²) in [6.45, 7) is 5.58. The minimum atomic E-state index is -0.531. The Morgan fingerprint density at radius 1 is 1.40 bits per heavy atom. The van der Waals surface area contributed by atoms with Gasteiger partial charge in [-0.3, -0.25) is 0 Å². The van der Waals surface area contributed by atoms with Gasteiger partial charge in [-0.1, -0.05) is 24.3 Å². The number of ether oxygens (including phenoxy) is 1. The quantitative estimate of drug-likeness (QED) is 0.800. The van der Waals surface area contributed by atoms with Crippen LogP contribution in [-0.4, -0.2) is 42.3 Å². The minimum Gasteiger partial charge on any atom is -0.392 e. The van der Waals surface area contributed by atoms with Crippen LogP contribution in [-0.2, 0) is 17.9 Å². The van der Waals surface area contributed by atoms with Crippen molar-refractivity contribution in [2.24, 2.45) is 0 Å². The molecule has 0 fully saturated rings. The molecule has 1 aromatic rings. The van der Waals surface area contributed by atoms with Crippen molar-refractivity contribution in [3.05, 3.63) is 35.4 Å². The van der Waals surface area contributed by atoms with Gasteiger partial charge in [0.1, 0.15) is 0 Å². The van der Waals surface area contributed by atoms with Crippen LogP contribution in [0.3, 0.4) is 0 Å². The molecule has 1 unspecified atom stereocenters. The lowest BCUT2D eigenvalue weighted by molar-refractivity contribution is 0.133. The zero-order valence-electron chi connectivity index (χ0n) is 12.4. The Morgan fingerprint density at radius 2 is 2.05 bits per heavy atom. The van der Waals surface area contributed by atoms with E-state index >= 15 is 0 Å². The number of aliphatic hydroxyl groups excluding tert-OH is 1. The average Bonchev–Trinajstić information content (AvgIpc) is 2.42. The SMILES string of the molecule is CCOCc1ccccc1CNC(=O)N(C)CC(C)O. The molecule has 20 heavy (non-hydrogen) atoms. The number of carbonyl (C=O) groups excluding carboxylic acids is 1. The zero-order chi connectivity index (χ0) is 15.0. The van der Waals surface area contributed by atoms with Gasteiger partial charge in [0.2, 0.25) is 0 Å². The maximum atomic E-state index is 11.8. The summed E-state index contributed by atoms with van der Waals surface area (Å²) in [6.07, 6.45) is -0.531. The van der Waals surface area contributed by atoms with E-state index in [4.69, 9.17) is 4.74 Å². The first-order valence-corrected chi connectivity index (χ1v) is 6.86. The molecule has 5 heteroatoms. The topological polar surface area (TPSA) is 61.8 Å². The lowest BCUT2D eigenvalue weighted by Gasteiger charge is -2.20. The van der Waals surface area contributed by atoms with Crippen molar-refractivity contribution in [3.8, 4) is 0 Å². The van der Waals surface area contributed by atoms with Gasteiger partial charge in [-0.2, -0.15) is 0 Å². The van der Waals surface area contributed by atoms with E-state index in [1.165, 1.54) is 4.90 Å². The fourth-order valence-corrected chi connectivity index (χ4v) is 1.87. The van der Waals surface area contributed by atoms with Crippen LogP contribution >= 0.6 is 0 Å². The highest BCUT2D eigenvalue weighted by Crippen LogP contribution is 2.10. The molecule has 0 saturated carbocycles. The first-order valence-electron chi connectivity index (χ1n) is 6.86. The van der Waals surface area contributed by atoms with E-state index < -0.39 is 6.10 Å². The van der Waals surface area contributed by atoms with Gasteiger partial charge in [-0.25, -0.2) is 4.79 Å². The second-order valence-electron chi connectivity index (χ2n) is 4.79. The van der Waals surface area contributed by atoms with Gasteiger partial charge < -0.3 is 20.1 Å². The van der Waals surface area contributed by atoms with E-state index in [0.717, 1.165) is 11.1 Å². The van der Waals surface area contributed by atoms with Crippen LogP contribution in [0.4, 0.5) is 4.79 Å². The number of likely N-dealkylation sites (N-methyl/N-ethyl adjacent to an activating group) is 1. The van der Waals surface area contributed by atoms with Crippen LogP contribution in [0.1, 0.15) is 25.0 Å². The van der Waals surface area contributed by atoms with Gasteiger partial charge in [0, 0.05) is 26.7 Å². The third-order valence-electron chi connectivity index (χ3n) is 2.89. The van der Waals surface area contributed by atoms with Crippen molar-refractivity contribution in [1.82, 2.24) is 10.2 Å². The Morgan fingerprint density at radius 3 is 2.65 bits per heavy atom. The summed E-state index contributed by atoms with van der Waals surface area (Å²) in [5, 5.41) is 12.1. The van der Waals surface area contributed by atoms with Crippen LogP contribution in [0.25, 0.3) is 0 Å². The number of amides is 2. The van der Waals surface area contributed by atoms with Gasteiger partial charge in [0.15, 0.2) is 0 Å². The van der Waals surface area contributed by atoms with Crippen LogP contribution < -0.4 is 5.32 Å². The van der Waals surface area contributed by atoms with Gasteiger partial charge in [0.25, 0.3) is 0 Å². The molecule has 0 spiro atoms. The number of carbonyl (C=O) groups is 1. The number of urea groups is 1. The number of hydrogen-bond donors (Lipinski definition) is 2. The standard InChI is InChI=1S/C15H24N2O3/c1-4-20-11-14-8-6-5-7-13(14)9-16-15(19)17(3)10-12(2)18/h5-8,12,18H,4,9-11H2,1-3H3,(H,16,19). The molecule has 0 aliphatic rings. The molecule has 112 valence electrons. The lowest BCUT2D eigenvalue weighted by atomic mass is 10.1. The van der Waals surface area contributed by atoms with E-state index in [-0.39, 0.29) is 6.03 Å². The molecule has 0 aromatic heterocycles. The van der Waals surface area contributed by atoms with Crippen LogP contribution in [0, 0.1) is 0 Å². The maximum Gasteiger partial charge on any atom is 0.317 e. The summed E-state index contributed by atoms with van der Waals surface area (Å²) in [7, 11) is 1.66. The van der Waals surface area contributed by atoms with E-state index in [1.54, 1.807) is 14.0 Å². The predicted molar refractivity (Wildman–Crippen MR) is 78.3 cm³/mol. The third kappa shape index (κ3) is 5.59. The molecule has 2 amide bonds. The summed E-state index contributed by atoms with van der Waals surface area (Å²) < 4.78 is 5.41. The number of hydrogen-bond acceptors (Lipinski definition) is 3. The molecule has 1 rings (SSSR count). The zero-order valence-corrected chi connectivity index (χ0v) is 12.4. The summed E-state index contributed by atoms with van der Waals surface area (Å²) >= 11 is 0. The van der Waals surface area contributed by atoms with Gasteiger partial charge in [-0.05, 0) is 25.0 Å². The fraction of sp³-hybridized carbons (Fsp3) is 0.533. The summed E-state index contributed by atoms with van der Waals surface area (Å²) in [4.78, 5) is 13.3. The third-order valence-corrected chi connectivity index (χ3v) is 2.89. The average molecular weight is 280 g/mol. The number of nitrogens with zero attached hydrogens (tertiary/aromatic N) is 1. The highest BCUT2D eigenvalue weighted by Gasteiger charge is 2.11. The summed E-state index contributed by atoms with van der Waals surface area (Å²) in [6, 6.07) is 7.67. The highest BCUT2D eigenvalue weighted by atomic mass is 16.5. The number of nitrogens with one attached hydrogen (secondary N) is 1. The van der Waals surface area contributed by atoms with E-state index in [2.05, 4.69) is 5.32 Å². The molecular formula is C15H24N2O3. The van der Waals surface area contributed by atoms with Crippen molar-refractivity contribution < 1.29 is 14.6 Å². The monoisotopic (exact) mass is 280 g/mol. The van der Waals surface area contributed by atoms with Crippen molar-refractivity contribution >= 4 is 6.03 Å². The van der Waals surface area contributed by atoms with Crippen molar-refractivity contribution in [1.29, 1.82) is 0 Å². The molecule has 0 aliphatic heterocycles. The number of aliphatic hydroxyl groups is 1. The molecule has 0 aliphatic carbocycles. The summed E-state index contributed by atoms with van der Waals surface area (Å²) in [5.41, 5.74) is 2.12. The maximum absolute atomic E-state index is 11.8. The molecule has 0 heterocycles. The second kappa shape index (κ2) is 8.55. The van der Waals surface area contributed by atoms with Crippen molar-refractivity contribution in [3.63, 3.8) is 0 Å². The first-order chi connectivity index (χ1) is 9.54. The van der Waals surface area contributed by atoms with Crippen LogP contribution in [0.2, 0.25) is 0 Å². The molecule has 0 bridgehead atoms. The van der Waals surface area contributed by atoms with Crippen molar-refractivity contribution in [2.45, 2.75) is 33.1 Å². The van der Waals surface area contributed by atoms with Crippen LogP contribution in [0.15, 0.2) is 24.3 Å². The normalized spacial score (nSPS) is 12.0. The molecule has 0 saturated heterocycles. The van der Waals surface area contributed by atoms with Gasteiger partial charge >= 0.3 is 6.03 Å². The number of benzene rings is 1.